The Labute approximate surface area is 432 Å². The summed E-state index contributed by atoms with van der Waals surface area (Å²) in [5, 5.41) is 5.04. The van der Waals surface area contributed by atoms with Crippen LogP contribution < -0.4 is 9.80 Å². The number of hydrogen-bond donors (Lipinski definition) is 0. The molecule has 3 aliphatic carbocycles. The molecule has 11 aromatic carbocycles. The third-order valence-electron chi connectivity index (χ3n) is 17.0. The average molecular weight is 948 g/mol. The van der Waals surface area contributed by atoms with Crippen LogP contribution in [0, 0.1) is 11.8 Å². The second-order valence-electron chi connectivity index (χ2n) is 20.7. The standard InChI is InChI=1S/C71H53N3/c1-5-20-50(21-6-1)68-60-30-14-13-19-48(60)37-43-61(68)49-35-40-58(41-36-49)72(55-24-7-2-8-25-55)65-33-17-22-51-45-53-38-39-54-46-52-23-18-34-66(70(52)71(53,54)69(51)65)73(56-26-9-3-10-27-56)59-42-44-63-62-31-15-16-32-64(62)74(67(63)47-59)57-28-11-4-12-29-57/h1-37,40-44,47,53-54H,38-39,45-46H2. The summed E-state index contributed by atoms with van der Waals surface area (Å²) in [6.07, 6.45) is 4.59. The molecule has 0 saturated heterocycles. The summed E-state index contributed by atoms with van der Waals surface area (Å²) in [7, 11) is 0. The van der Waals surface area contributed by atoms with E-state index in [-0.39, 0.29) is 5.41 Å². The van der Waals surface area contributed by atoms with Crippen molar-refractivity contribution >= 4 is 66.7 Å². The van der Waals surface area contributed by atoms with Crippen LogP contribution in [0.5, 0.6) is 0 Å². The highest BCUT2D eigenvalue weighted by molar-refractivity contribution is 6.10. The zero-order chi connectivity index (χ0) is 48.7. The minimum Gasteiger partial charge on any atom is -0.310 e. The van der Waals surface area contributed by atoms with Gasteiger partial charge < -0.3 is 14.4 Å². The molecule has 74 heavy (non-hydrogen) atoms. The Kier molecular flexibility index (Phi) is 9.88. The first-order valence-corrected chi connectivity index (χ1v) is 26.4. The van der Waals surface area contributed by atoms with Gasteiger partial charge in [-0.05, 0) is 172 Å². The predicted octanol–water partition coefficient (Wildman–Crippen LogP) is 18.6. The molecular formula is C71H53N3. The van der Waals surface area contributed by atoms with Crippen LogP contribution in [0.2, 0.25) is 0 Å². The van der Waals surface area contributed by atoms with Gasteiger partial charge in [0, 0.05) is 44.6 Å². The minimum absolute atomic E-state index is 0.184. The number of para-hydroxylation sites is 4. The summed E-state index contributed by atoms with van der Waals surface area (Å²) >= 11 is 0. The Morgan fingerprint density at radius 2 is 0.878 bits per heavy atom. The summed E-state index contributed by atoms with van der Waals surface area (Å²) < 4.78 is 2.45. The average Bonchev–Trinajstić information content (AvgIpc) is 4.33. The smallest absolute Gasteiger partial charge is 0.0561 e. The molecule has 3 heteroatoms. The van der Waals surface area contributed by atoms with E-state index in [0.29, 0.717) is 11.8 Å². The van der Waals surface area contributed by atoms with Crippen LogP contribution >= 0.6 is 0 Å². The van der Waals surface area contributed by atoms with Crippen molar-refractivity contribution in [3.63, 3.8) is 0 Å². The molecule has 352 valence electrons. The molecular weight excluding hydrogens is 895 g/mol. The molecule has 1 saturated carbocycles. The van der Waals surface area contributed by atoms with E-state index in [4.69, 9.17) is 0 Å². The van der Waals surface area contributed by atoms with Crippen molar-refractivity contribution < 1.29 is 0 Å². The maximum Gasteiger partial charge on any atom is 0.0561 e. The topological polar surface area (TPSA) is 11.4 Å². The lowest BCUT2D eigenvalue weighted by molar-refractivity contribution is 0.350. The van der Waals surface area contributed by atoms with Crippen LogP contribution in [-0.2, 0) is 18.3 Å². The number of rotatable bonds is 9. The number of aromatic nitrogens is 1. The van der Waals surface area contributed by atoms with Gasteiger partial charge in [0.05, 0.1) is 22.4 Å². The van der Waals surface area contributed by atoms with Gasteiger partial charge in [-0.25, -0.2) is 0 Å². The number of benzene rings is 11. The highest BCUT2D eigenvalue weighted by Crippen LogP contribution is 2.69. The quantitative estimate of drug-likeness (QED) is 0.143. The van der Waals surface area contributed by atoms with Crippen LogP contribution in [-0.4, -0.2) is 4.57 Å². The lowest BCUT2D eigenvalue weighted by atomic mass is 9.68. The SMILES string of the molecule is c1ccc(-c2c(-c3ccc(N(c4ccccc4)c4cccc5c4C46c7c(cccc7N(c7ccccc7)c7ccc8c9ccccc9n(-c9ccccc9)c8c7)CC4CCC6C5)cc3)ccc3ccccc23)cc1. The van der Waals surface area contributed by atoms with Crippen LogP contribution in [0.1, 0.15) is 35.1 Å². The Hall–Kier alpha value is -8.92. The first kappa shape index (κ1) is 42.7. The summed E-state index contributed by atoms with van der Waals surface area (Å²) in [5.74, 6) is 0.965. The normalized spacial score (nSPS) is 17.3. The lowest BCUT2D eigenvalue weighted by Gasteiger charge is -2.40. The van der Waals surface area contributed by atoms with Gasteiger partial charge in [0.25, 0.3) is 0 Å². The molecule has 1 fully saturated rings. The predicted molar refractivity (Wildman–Crippen MR) is 309 cm³/mol. The van der Waals surface area contributed by atoms with E-state index in [9.17, 15) is 0 Å². The van der Waals surface area contributed by atoms with Crippen molar-refractivity contribution in [2.75, 3.05) is 9.80 Å². The van der Waals surface area contributed by atoms with E-state index in [1.165, 1.54) is 107 Å². The molecule has 1 heterocycles. The monoisotopic (exact) mass is 947 g/mol. The fraction of sp³-hybridized carbons (Fsp3) is 0.0986. The molecule has 3 unspecified atom stereocenters. The van der Waals surface area contributed by atoms with Crippen LogP contribution in [0.25, 0.3) is 60.5 Å². The minimum atomic E-state index is -0.184. The van der Waals surface area contributed by atoms with Crippen molar-refractivity contribution in [1.29, 1.82) is 0 Å². The zero-order valence-corrected chi connectivity index (χ0v) is 41.2. The third kappa shape index (κ3) is 6.45. The van der Waals surface area contributed by atoms with Crippen molar-refractivity contribution in [3.05, 3.63) is 283 Å². The number of fused-ring (bicyclic) bond motifs is 6. The van der Waals surface area contributed by atoms with E-state index < -0.39 is 0 Å². The molecule has 0 N–H and O–H groups in total. The van der Waals surface area contributed by atoms with Crippen molar-refractivity contribution in [3.8, 4) is 27.9 Å². The Balaban J connectivity index is 0.919. The van der Waals surface area contributed by atoms with E-state index in [1.807, 2.05) is 0 Å². The Morgan fingerprint density at radius 3 is 1.53 bits per heavy atom. The van der Waals surface area contributed by atoms with E-state index in [0.717, 1.165) is 35.6 Å². The van der Waals surface area contributed by atoms with Gasteiger partial charge in [0.15, 0.2) is 0 Å². The lowest BCUT2D eigenvalue weighted by Crippen LogP contribution is -2.34. The third-order valence-corrected chi connectivity index (χ3v) is 17.0. The van der Waals surface area contributed by atoms with Gasteiger partial charge >= 0.3 is 0 Å². The Morgan fingerprint density at radius 1 is 0.365 bits per heavy atom. The maximum atomic E-state index is 2.59. The molecule has 0 amide bonds. The van der Waals surface area contributed by atoms with Gasteiger partial charge in [0.2, 0.25) is 0 Å². The van der Waals surface area contributed by atoms with Crippen LogP contribution in [0.15, 0.2) is 261 Å². The molecule has 0 bridgehead atoms. The summed E-state index contributed by atoms with van der Waals surface area (Å²) in [6.45, 7) is 0. The summed E-state index contributed by atoms with van der Waals surface area (Å²) in [5.41, 5.74) is 21.6. The van der Waals surface area contributed by atoms with Gasteiger partial charge in [-0.2, -0.15) is 0 Å². The summed E-state index contributed by atoms with van der Waals surface area (Å²) in [4.78, 5) is 5.15. The second kappa shape index (κ2) is 17.1. The second-order valence-corrected chi connectivity index (χ2v) is 20.7. The molecule has 3 aliphatic rings. The molecule has 3 nitrogen and oxygen atoms in total. The number of anilines is 6. The molecule has 1 aromatic heterocycles. The first-order chi connectivity index (χ1) is 36.7. The Bertz CT molecular complexity index is 4080. The van der Waals surface area contributed by atoms with Gasteiger partial charge in [-0.3, -0.25) is 0 Å². The fourth-order valence-electron chi connectivity index (χ4n) is 14.2. The van der Waals surface area contributed by atoms with Crippen molar-refractivity contribution in [2.24, 2.45) is 11.8 Å². The molecule has 1 spiro atoms. The summed E-state index contributed by atoms with van der Waals surface area (Å²) in [6, 6.07) is 97.2. The molecule has 15 rings (SSSR count). The van der Waals surface area contributed by atoms with Crippen LogP contribution in [0.4, 0.5) is 34.1 Å². The molecule has 0 radical (unpaired) electrons. The molecule has 0 aliphatic heterocycles. The van der Waals surface area contributed by atoms with Crippen molar-refractivity contribution in [1.82, 2.24) is 4.57 Å². The van der Waals surface area contributed by atoms with Crippen LogP contribution in [0.3, 0.4) is 0 Å². The highest BCUT2D eigenvalue weighted by atomic mass is 15.2. The highest BCUT2D eigenvalue weighted by Gasteiger charge is 2.62. The number of hydrogen-bond acceptors (Lipinski definition) is 2. The zero-order valence-electron chi connectivity index (χ0n) is 41.2. The fourth-order valence-corrected chi connectivity index (χ4v) is 14.2. The van der Waals surface area contributed by atoms with Gasteiger partial charge in [0.1, 0.15) is 0 Å². The first-order valence-electron chi connectivity index (χ1n) is 26.4. The van der Waals surface area contributed by atoms with E-state index in [2.05, 4.69) is 275 Å². The van der Waals surface area contributed by atoms with Gasteiger partial charge in [-0.15, -0.1) is 0 Å². The van der Waals surface area contributed by atoms with Gasteiger partial charge in [-0.1, -0.05) is 182 Å². The van der Waals surface area contributed by atoms with E-state index >= 15 is 0 Å². The largest absolute Gasteiger partial charge is 0.310 e. The molecule has 3 atom stereocenters. The molecule has 12 aromatic rings. The van der Waals surface area contributed by atoms with E-state index in [1.54, 1.807) is 0 Å². The maximum absolute atomic E-state index is 2.59. The van der Waals surface area contributed by atoms with Crippen molar-refractivity contribution in [2.45, 2.75) is 31.1 Å². The number of nitrogens with zero attached hydrogens (tertiary/aromatic N) is 3.